The van der Waals surface area contributed by atoms with Crippen molar-refractivity contribution >= 4 is 40.9 Å². The molecular weight excluding hydrogens is 357 g/mol. The van der Waals surface area contributed by atoms with Gasteiger partial charge in [0, 0.05) is 16.6 Å². The largest absolute Gasteiger partial charge is 0.353 e. The number of carbonyl (C=O) groups is 1. The van der Waals surface area contributed by atoms with E-state index in [1.54, 1.807) is 18.2 Å². The smallest absolute Gasteiger partial charge is 0.230 e. The summed E-state index contributed by atoms with van der Waals surface area (Å²) in [7, 11) is 0. The third-order valence-electron chi connectivity index (χ3n) is 3.19. The predicted molar refractivity (Wildman–Crippen MR) is 94.2 cm³/mol. The van der Waals surface area contributed by atoms with Crippen LogP contribution in [0.25, 0.3) is 11.4 Å². The third-order valence-corrected chi connectivity index (χ3v) is 4.68. The lowest BCUT2D eigenvalue weighted by Crippen LogP contribution is -2.33. The normalized spacial score (nSPS) is 12.2. The molecule has 1 unspecified atom stereocenters. The van der Waals surface area contributed by atoms with Crippen molar-refractivity contribution in [1.82, 2.24) is 20.2 Å². The molecule has 0 bridgehead atoms. The number of nitrogen functional groups attached to an aromatic ring is 1. The maximum atomic E-state index is 11.8. The molecule has 9 heteroatoms. The Balaban J connectivity index is 2.09. The highest BCUT2D eigenvalue weighted by Crippen LogP contribution is 2.30. The second-order valence-electron chi connectivity index (χ2n) is 4.97. The number of hydrogen-bond acceptors (Lipinski definition) is 5. The number of benzene rings is 1. The van der Waals surface area contributed by atoms with E-state index >= 15 is 0 Å². The van der Waals surface area contributed by atoms with Crippen molar-refractivity contribution < 1.29 is 4.79 Å². The van der Waals surface area contributed by atoms with Gasteiger partial charge in [0.05, 0.1) is 10.8 Å². The van der Waals surface area contributed by atoms with Gasteiger partial charge in [-0.2, -0.15) is 0 Å². The standard InChI is InChI=1S/C14H17Cl2N5OS/c1-3-8(2)18-12(22)7-23-14-20-19-13(21(14)17)10-5-4-9(15)6-11(10)16/h4-6,8H,3,7,17H2,1-2H3,(H,18,22). The van der Waals surface area contributed by atoms with Gasteiger partial charge in [0.15, 0.2) is 5.82 Å². The van der Waals surface area contributed by atoms with Crippen LogP contribution in [-0.4, -0.2) is 32.6 Å². The van der Waals surface area contributed by atoms with E-state index in [9.17, 15) is 4.79 Å². The second-order valence-corrected chi connectivity index (χ2v) is 6.75. The van der Waals surface area contributed by atoms with Gasteiger partial charge < -0.3 is 11.2 Å². The summed E-state index contributed by atoms with van der Waals surface area (Å²) in [6, 6.07) is 5.17. The van der Waals surface area contributed by atoms with Gasteiger partial charge in [-0.05, 0) is 31.5 Å². The number of nitrogens with zero attached hydrogens (tertiary/aromatic N) is 3. The molecule has 2 rings (SSSR count). The molecule has 0 aliphatic carbocycles. The zero-order valence-electron chi connectivity index (χ0n) is 12.7. The summed E-state index contributed by atoms with van der Waals surface area (Å²) in [5.41, 5.74) is 0.627. The molecule has 0 aliphatic rings. The Hall–Kier alpha value is -1.44. The van der Waals surface area contributed by atoms with E-state index in [0.717, 1.165) is 6.42 Å². The van der Waals surface area contributed by atoms with Crippen LogP contribution in [0.5, 0.6) is 0 Å². The van der Waals surface area contributed by atoms with Crippen molar-refractivity contribution in [2.24, 2.45) is 0 Å². The number of thioether (sulfide) groups is 1. The first-order valence-electron chi connectivity index (χ1n) is 7.00. The number of aromatic nitrogens is 3. The molecule has 6 nitrogen and oxygen atoms in total. The summed E-state index contributed by atoms with van der Waals surface area (Å²) >= 11 is 13.2. The quantitative estimate of drug-likeness (QED) is 0.600. The third kappa shape index (κ3) is 4.53. The van der Waals surface area contributed by atoms with Crippen molar-refractivity contribution in [2.75, 3.05) is 11.6 Å². The van der Waals surface area contributed by atoms with Crippen LogP contribution >= 0.6 is 35.0 Å². The first kappa shape index (κ1) is 17.9. The molecule has 0 aliphatic heterocycles. The highest BCUT2D eigenvalue weighted by Gasteiger charge is 2.16. The molecule has 0 saturated heterocycles. The molecule has 124 valence electrons. The molecule has 0 saturated carbocycles. The van der Waals surface area contributed by atoms with Crippen molar-refractivity contribution in [2.45, 2.75) is 31.5 Å². The highest BCUT2D eigenvalue weighted by molar-refractivity contribution is 7.99. The van der Waals surface area contributed by atoms with E-state index in [2.05, 4.69) is 15.5 Å². The molecule has 3 N–H and O–H groups in total. The first-order chi connectivity index (χ1) is 10.9. The van der Waals surface area contributed by atoms with Gasteiger partial charge in [-0.15, -0.1) is 10.2 Å². The van der Waals surface area contributed by atoms with Gasteiger partial charge in [-0.1, -0.05) is 41.9 Å². The average Bonchev–Trinajstić information content (AvgIpc) is 2.86. The molecular formula is C14H17Cl2N5OS. The van der Waals surface area contributed by atoms with Gasteiger partial charge >= 0.3 is 0 Å². The molecule has 1 amide bonds. The van der Waals surface area contributed by atoms with E-state index in [4.69, 9.17) is 29.0 Å². The minimum atomic E-state index is -0.0709. The SMILES string of the molecule is CCC(C)NC(=O)CSc1nnc(-c2ccc(Cl)cc2Cl)n1N. The first-order valence-corrected chi connectivity index (χ1v) is 8.74. The van der Waals surface area contributed by atoms with Gasteiger partial charge in [0.1, 0.15) is 0 Å². The molecule has 1 aromatic heterocycles. The number of hydrogen-bond donors (Lipinski definition) is 2. The summed E-state index contributed by atoms with van der Waals surface area (Å²) in [5, 5.41) is 12.3. The van der Waals surface area contributed by atoms with E-state index in [-0.39, 0.29) is 17.7 Å². The number of nitrogens with one attached hydrogen (secondary N) is 1. The van der Waals surface area contributed by atoms with Gasteiger partial charge in [0.25, 0.3) is 0 Å². The highest BCUT2D eigenvalue weighted by atomic mass is 35.5. The number of carbonyl (C=O) groups excluding carboxylic acids is 1. The van der Waals surface area contributed by atoms with Gasteiger partial charge in [-0.25, -0.2) is 4.68 Å². The molecule has 23 heavy (non-hydrogen) atoms. The Kier molecular flexibility index (Phi) is 6.15. The van der Waals surface area contributed by atoms with Crippen LogP contribution in [0, 0.1) is 0 Å². The number of halogens is 2. The molecule has 1 atom stereocenters. The van der Waals surface area contributed by atoms with E-state index in [1.165, 1.54) is 16.4 Å². The number of nitrogens with two attached hydrogens (primary N) is 1. The van der Waals surface area contributed by atoms with Crippen LogP contribution in [0.3, 0.4) is 0 Å². The number of amides is 1. The van der Waals surface area contributed by atoms with Crippen LogP contribution < -0.4 is 11.2 Å². The lowest BCUT2D eigenvalue weighted by atomic mass is 10.2. The molecule has 0 spiro atoms. The van der Waals surface area contributed by atoms with E-state index in [1.807, 2.05) is 13.8 Å². The monoisotopic (exact) mass is 373 g/mol. The van der Waals surface area contributed by atoms with Crippen molar-refractivity contribution in [3.63, 3.8) is 0 Å². The summed E-state index contributed by atoms with van der Waals surface area (Å²) in [5.74, 6) is 6.56. The summed E-state index contributed by atoms with van der Waals surface area (Å²) < 4.78 is 1.32. The number of rotatable bonds is 6. The van der Waals surface area contributed by atoms with Crippen molar-refractivity contribution in [3.8, 4) is 11.4 Å². The Morgan fingerprint density at radius 2 is 2.17 bits per heavy atom. The zero-order chi connectivity index (χ0) is 17.0. The van der Waals surface area contributed by atoms with Gasteiger partial charge in [0.2, 0.25) is 11.1 Å². The van der Waals surface area contributed by atoms with Crippen molar-refractivity contribution in [1.29, 1.82) is 0 Å². The van der Waals surface area contributed by atoms with Crippen molar-refractivity contribution in [3.05, 3.63) is 28.2 Å². The lowest BCUT2D eigenvalue weighted by Gasteiger charge is -2.10. The lowest BCUT2D eigenvalue weighted by molar-refractivity contribution is -0.119. The maximum absolute atomic E-state index is 11.8. The topological polar surface area (TPSA) is 85.8 Å². The Morgan fingerprint density at radius 1 is 1.43 bits per heavy atom. The molecule has 1 heterocycles. The molecule has 1 aromatic carbocycles. The Labute approximate surface area is 148 Å². The van der Waals surface area contributed by atoms with Gasteiger partial charge in [-0.3, -0.25) is 4.79 Å². The predicted octanol–water partition coefficient (Wildman–Crippen LogP) is 2.97. The Morgan fingerprint density at radius 3 is 2.83 bits per heavy atom. The minimum absolute atomic E-state index is 0.0709. The van der Waals surface area contributed by atoms with Crippen LogP contribution in [0.1, 0.15) is 20.3 Å². The fourth-order valence-electron chi connectivity index (χ4n) is 1.78. The fourth-order valence-corrected chi connectivity index (χ4v) is 2.94. The maximum Gasteiger partial charge on any atom is 0.230 e. The summed E-state index contributed by atoms with van der Waals surface area (Å²) in [4.78, 5) is 11.8. The van der Waals surface area contributed by atoms with E-state index in [0.29, 0.717) is 26.6 Å². The minimum Gasteiger partial charge on any atom is -0.353 e. The summed E-state index contributed by atoms with van der Waals surface area (Å²) in [6.07, 6.45) is 0.878. The molecule has 2 aromatic rings. The second kappa shape index (κ2) is 7.90. The van der Waals surface area contributed by atoms with E-state index < -0.39 is 0 Å². The average molecular weight is 374 g/mol. The van der Waals surface area contributed by atoms with Crippen LogP contribution in [-0.2, 0) is 4.79 Å². The van der Waals surface area contributed by atoms with Crippen LogP contribution in [0.2, 0.25) is 10.0 Å². The fraction of sp³-hybridized carbons (Fsp3) is 0.357. The van der Waals surface area contributed by atoms with Crippen LogP contribution in [0.15, 0.2) is 23.4 Å². The summed E-state index contributed by atoms with van der Waals surface area (Å²) in [6.45, 7) is 3.96. The Bertz CT molecular complexity index is 706. The molecule has 0 radical (unpaired) electrons. The zero-order valence-corrected chi connectivity index (χ0v) is 15.0. The van der Waals surface area contributed by atoms with Crippen LogP contribution in [0.4, 0.5) is 0 Å². The molecule has 0 fully saturated rings.